The molecule has 2 heteroatoms. The van der Waals surface area contributed by atoms with Crippen LogP contribution in [0.2, 0.25) is 0 Å². The first-order valence-electron chi connectivity index (χ1n) is 8.57. The third-order valence-electron chi connectivity index (χ3n) is 4.34. The van der Waals surface area contributed by atoms with E-state index in [1.807, 2.05) is 54.6 Å². The molecular weight excluding hydrogens is 308 g/mol. The van der Waals surface area contributed by atoms with Crippen molar-refractivity contribution in [1.82, 2.24) is 0 Å². The van der Waals surface area contributed by atoms with Crippen LogP contribution < -0.4 is 0 Å². The molecular formula is C23H22O2. The molecule has 25 heavy (non-hydrogen) atoms. The van der Waals surface area contributed by atoms with Crippen LogP contribution in [0.15, 0.2) is 91.0 Å². The van der Waals surface area contributed by atoms with E-state index in [9.17, 15) is 4.79 Å². The molecule has 0 heterocycles. The number of rotatable bonds is 8. The first-order chi connectivity index (χ1) is 12.4. The number of aldehydes is 1. The van der Waals surface area contributed by atoms with Crippen molar-refractivity contribution in [2.75, 3.05) is 0 Å². The third kappa shape index (κ3) is 4.65. The summed E-state index contributed by atoms with van der Waals surface area (Å²) in [5.41, 5.74) is 3.34. The van der Waals surface area contributed by atoms with Gasteiger partial charge in [0.25, 0.3) is 0 Å². The Hall–Kier alpha value is -2.71. The van der Waals surface area contributed by atoms with Crippen LogP contribution >= 0.6 is 0 Å². The molecule has 3 rings (SSSR count). The number of hydrogen-bond donors (Lipinski definition) is 0. The summed E-state index contributed by atoms with van der Waals surface area (Å²) in [6.45, 7) is 0.516. The molecule has 3 aromatic rings. The van der Waals surface area contributed by atoms with E-state index in [1.54, 1.807) is 0 Å². The second kappa shape index (κ2) is 8.95. The maximum atomic E-state index is 11.3. The third-order valence-corrected chi connectivity index (χ3v) is 4.34. The highest BCUT2D eigenvalue weighted by molar-refractivity contribution is 5.52. The molecule has 0 amide bonds. The second-order valence-corrected chi connectivity index (χ2v) is 6.05. The quantitative estimate of drug-likeness (QED) is 0.523. The Morgan fingerprint density at radius 2 is 1.24 bits per heavy atom. The van der Waals surface area contributed by atoms with Crippen molar-refractivity contribution in [3.8, 4) is 0 Å². The minimum Gasteiger partial charge on any atom is -0.368 e. The first kappa shape index (κ1) is 17.1. The predicted octanol–water partition coefficient (Wildman–Crippen LogP) is 5.32. The summed E-state index contributed by atoms with van der Waals surface area (Å²) in [5.74, 6) is -0.00943. The largest absolute Gasteiger partial charge is 0.368 e. The molecule has 0 aromatic heterocycles. The summed E-state index contributed by atoms with van der Waals surface area (Å²) in [4.78, 5) is 11.3. The lowest BCUT2D eigenvalue weighted by atomic mass is 9.87. The normalized spacial score (nSPS) is 13.1. The minimum absolute atomic E-state index is 0.00943. The van der Waals surface area contributed by atoms with Gasteiger partial charge in [-0.2, -0.15) is 0 Å². The molecule has 0 aliphatic carbocycles. The standard InChI is InChI=1S/C23H22O2/c24-17-16-22(20-12-6-2-7-13-20)23(21-14-8-3-9-15-21)25-18-19-10-4-1-5-11-19/h1-15,17,22-23H,16,18H2/t22-,23-/m1/s1. The molecule has 0 aliphatic rings. The zero-order valence-corrected chi connectivity index (χ0v) is 14.1. The van der Waals surface area contributed by atoms with Crippen LogP contribution in [0.4, 0.5) is 0 Å². The van der Waals surface area contributed by atoms with E-state index in [2.05, 4.69) is 36.4 Å². The highest BCUT2D eigenvalue weighted by Gasteiger charge is 2.25. The highest BCUT2D eigenvalue weighted by atomic mass is 16.5. The van der Waals surface area contributed by atoms with E-state index in [-0.39, 0.29) is 12.0 Å². The average Bonchev–Trinajstić information content (AvgIpc) is 2.69. The van der Waals surface area contributed by atoms with Gasteiger partial charge in [-0.25, -0.2) is 0 Å². The molecule has 0 radical (unpaired) electrons. The molecule has 126 valence electrons. The average molecular weight is 330 g/mol. The van der Waals surface area contributed by atoms with Crippen molar-refractivity contribution in [3.05, 3.63) is 108 Å². The van der Waals surface area contributed by atoms with Gasteiger partial charge in [-0.05, 0) is 16.7 Å². The number of carbonyl (C=O) groups is 1. The number of benzene rings is 3. The van der Waals surface area contributed by atoms with Gasteiger partial charge in [0.05, 0.1) is 12.7 Å². The maximum Gasteiger partial charge on any atom is 0.120 e. The van der Waals surface area contributed by atoms with Crippen LogP contribution in [0, 0.1) is 0 Å². The number of hydrogen-bond acceptors (Lipinski definition) is 2. The van der Waals surface area contributed by atoms with Crippen LogP contribution in [0.5, 0.6) is 0 Å². The van der Waals surface area contributed by atoms with Gasteiger partial charge in [0.15, 0.2) is 0 Å². The molecule has 0 bridgehead atoms. The lowest BCUT2D eigenvalue weighted by Gasteiger charge is -2.27. The maximum absolute atomic E-state index is 11.3. The van der Waals surface area contributed by atoms with Crippen LogP contribution in [0.3, 0.4) is 0 Å². The Labute approximate surface area is 149 Å². The van der Waals surface area contributed by atoms with Crippen LogP contribution in [0.1, 0.15) is 35.1 Å². The minimum atomic E-state index is -0.172. The molecule has 3 aromatic carbocycles. The molecule has 0 saturated carbocycles. The van der Waals surface area contributed by atoms with E-state index < -0.39 is 0 Å². The van der Waals surface area contributed by atoms with E-state index >= 15 is 0 Å². The van der Waals surface area contributed by atoms with Crippen molar-refractivity contribution in [3.63, 3.8) is 0 Å². The Morgan fingerprint density at radius 1 is 0.720 bits per heavy atom. The van der Waals surface area contributed by atoms with Gasteiger partial charge >= 0.3 is 0 Å². The molecule has 0 aliphatic heterocycles. The van der Waals surface area contributed by atoms with Crippen molar-refractivity contribution in [2.45, 2.75) is 25.0 Å². The lowest BCUT2D eigenvalue weighted by Crippen LogP contribution is -2.16. The Balaban J connectivity index is 1.90. The van der Waals surface area contributed by atoms with Crippen molar-refractivity contribution >= 4 is 6.29 Å². The van der Waals surface area contributed by atoms with E-state index in [0.29, 0.717) is 13.0 Å². The van der Waals surface area contributed by atoms with Crippen molar-refractivity contribution in [1.29, 1.82) is 0 Å². The topological polar surface area (TPSA) is 26.3 Å². The number of carbonyl (C=O) groups excluding carboxylic acids is 1. The zero-order valence-electron chi connectivity index (χ0n) is 14.1. The van der Waals surface area contributed by atoms with Gasteiger partial charge in [0.2, 0.25) is 0 Å². The van der Waals surface area contributed by atoms with Gasteiger partial charge in [-0.3, -0.25) is 0 Å². The van der Waals surface area contributed by atoms with Gasteiger partial charge in [-0.1, -0.05) is 91.0 Å². The fourth-order valence-electron chi connectivity index (χ4n) is 3.09. The van der Waals surface area contributed by atoms with Crippen LogP contribution in [-0.4, -0.2) is 6.29 Å². The van der Waals surface area contributed by atoms with Gasteiger partial charge < -0.3 is 9.53 Å². The van der Waals surface area contributed by atoms with Gasteiger partial charge in [0.1, 0.15) is 6.29 Å². The molecule has 0 unspecified atom stereocenters. The SMILES string of the molecule is O=CC[C@H](c1ccccc1)[C@H](OCc1ccccc1)c1ccccc1. The summed E-state index contributed by atoms with van der Waals surface area (Å²) in [5, 5.41) is 0. The summed E-state index contributed by atoms with van der Waals surface area (Å²) in [7, 11) is 0. The monoisotopic (exact) mass is 330 g/mol. The fraction of sp³-hybridized carbons (Fsp3) is 0.174. The summed E-state index contributed by atoms with van der Waals surface area (Å²) in [6, 6.07) is 30.4. The Bertz CT molecular complexity index is 754. The molecule has 2 nitrogen and oxygen atoms in total. The predicted molar refractivity (Wildman–Crippen MR) is 100 cm³/mol. The van der Waals surface area contributed by atoms with Gasteiger partial charge in [-0.15, -0.1) is 0 Å². The summed E-state index contributed by atoms with van der Waals surface area (Å²) >= 11 is 0. The number of ether oxygens (including phenoxy) is 1. The highest BCUT2D eigenvalue weighted by Crippen LogP contribution is 2.36. The molecule has 0 saturated heterocycles. The van der Waals surface area contributed by atoms with Crippen LogP contribution in [-0.2, 0) is 16.1 Å². The van der Waals surface area contributed by atoms with Crippen molar-refractivity contribution < 1.29 is 9.53 Å². The smallest absolute Gasteiger partial charge is 0.120 e. The Kier molecular flexibility index (Phi) is 6.13. The molecule has 0 fully saturated rings. The first-order valence-corrected chi connectivity index (χ1v) is 8.57. The van der Waals surface area contributed by atoms with Gasteiger partial charge in [0, 0.05) is 12.3 Å². The molecule has 2 atom stereocenters. The summed E-state index contributed by atoms with van der Waals surface area (Å²) < 4.78 is 6.32. The second-order valence-electron chi connectivity index (χ2n) is 6.05. The lowest BCUT2D eigenvalue weighted by molar-refractivity contribution is -0.109. The van der Waals surface area contributed by atoms with E-state index in [4.69, 9.17) is 4.74 Å². The fourth-order valence-corrected chi connectivity index (χ4v) is 3.09. The molecule has 0 spiro atoms. The van der Waals surface area contributed by atoms with Crippen molar-refractivity contribution in [2.24, 2.45) is 0 Å². The molecule has 0 N–H and O–H groups in total. The summed E-state index contributed by atoms with van der Waals surface area (Å²) in [6.07, 6.45) is 1.24. The Morgan fingerprint density at radius 3 is 1.80 bits per heavy atom. The van der Waals surface area contributed by atoms with Crippen LogP contribution in [0.25, 0.3) is 0 Å². The van der Waals surface area contributed by atoms with E-state index in [1.165, 1.54) is 0 Å². The zero-order chi connectivity index (χ0) is 17.3. The van der Waals surface area contributed by atoms with E-state index in [0.717, 1.165) is 23.0 Å².